The quantitative estimate of drug-likeness (QED) is 0.895. The third kappa shape index (κ3) is 5.04. The fourth-order valence-electron chi connectivity index (χ4n) is 2.80. The number of piperidine rings is 1. The zero-order chi connectivity index (χ0) is 17.0. The summed E-state index contributed by atoms with van der Waals surface area (Å²) in [5.41, 5.74) is 1.89. The molecule has 0 saturated carbocycles. The van der Waals surface area contributed by atoms with Gasteiger partial charge < -0.3 is 5.32 Å². The van der Waals surface area contributed by atoms with E-state index in [1.54, 1.807) is 0 Å². The number of amides is 1. The van der Waals surface area contributed by atoms with Crippen molar-refractivity contribution in [3.63, 3.8) is 0 Å². The van der Waals surface area contributed by atoms with Gasteiger partial charge in [-0.1, -0.05) is 26.0 Å². The first kappa shape index (κ1) is 17.9. The lowest BCUT2D eigenvalue weighted by atomic mass is 9.98. The number of rotatable bonds is 5. The number of hydrogen-bond donors (Lipinski definition) is 1. The summed E-state index contributed by atoms with van der Waals surface area (Å²) >= 11 is 0. The molecule has 23 heavy (non-hydrogen) atoms. The van der Waals surface area contributed by atoms with Crippen molar-refractivity contribution in [2.45, 2.75) is 32.6 Å². The first-order valence-electron chi connectivity index (χ1n) is 8.10. The molecule has 1 heterocycles. The fraction of sp³-hybridized carbons (Fsp3) is 0.588. The molecule has 1 aliphatic rings. The maximum atomic E-state index is 12.2. The minimum atomic E-state index is -3.09. The highest BCUT2D eigenvalue weighted by molar-refractivity contribution is 7.88. The van der Waals surface area contributed by atoms with Crippen LogP contribution in [-0.4, -0.2) is 44.5 Å². The minimum Gasteiger partial charge on any atom is -0.352 e. The van der Waals surface area contributed by atoms with Crippen LogP contribution >= 0.6 is 0 Å². The van der Waals surface area contributed by atoms with E-state index < -0.39 is 10.0 Å². The number of carbonyl (C=O) groups is 1. The first-order chi connectivity index (χ1) is 10.8. The lowest BCUT2D eigenvalue weighted by molar-refractivity contribution is 0.0941. The van der Waals surface area contributed by atoms with E-state index >= 15 is 0 Å². The van der Waals surface area contributed by atoms with E-state index in [2.05, 4.69) is 19.2 Å². The van der Waals surface area contributed by atoms with Gasteiger partial charge in [-0.25, -0.2) is 12.7 Å². The molecule has 1 aromatic rings. The maximum absolute atomic E-state index is 12.2. The maximum Gasteiger partial charge on any atom is 0.251 e. The summed E-state index contributed by atoms with van der Waals surface area (Å²) in [4.78, 5) is 12.2. The SMILES string of the molecule is CC(C)c1ccc(C(=O)NCC2CCN(S(C)(=O)=O)CC2)cc1. The molecular formula is C17H26N2O3S. The van der Waals surface area contributed by atoms with Crippen molar-refractivity contribution in [3.8, 4) is 0 Å². The smallest absolute Gasteiger partial charge is 0.251 e. The van der Waals surface area contributed by atoms with Crippen LogP contribution in [0.25, 0.3) is 0 Å². The van der Waals surface area contributed by atoms with Crippen LogP contribution in [0.2, 0.25) is 0 Å². The Morgan fingerprint density at radius 3 is 2.26 bits per heavy atom. The topological polar surface area (TPSA) is 66.5 Å². The van der Waals surface area contributed by atoms with Crippen LogP contribution in [0.3, 0.4) is 0 Å². The van der Waals surface area contributed by atoms with Gasteiger partial charge in [0.05, 0.1) is 6.26 Å². The van der Waals surface area contributed by atoms with Crippen molar-refractivity contribution in [1.82, 2.24) is 9.62 Å². The van der Waals surface area contributed by atoms with Gasteiger partial charge in [-0.05, 0) is 42.4 Å². The summed E-state index contributed by atoms with van der Waals surface area (Å²) < 4.78 is 24.5. The van der Waals surface area contributed by atoms with Crippen LogP contribution in [0.4, 0.5) is 0 Å². The zero-order valence-corrected chi connectivity index (χ0v) is 14.9. The Morgan fingerprint density at radius 1 is 1.22 bits per heavy atom. The van der Waals surface area contributed by atoms with Crippen molar-refractivity contribution in [2.75, 3.05) is 25.9 Å². The van der Waals surface area contributed by atoms with Crippen LogP contribution < -0.4 is 5.32 Å². The third-order valence-electron chi connectivity index (χ3n) is 4.43. The highest BCUT2D eigenvalue weighted by Crippen LogP contribution is 2.19. The molecule has 6 heteroatoms. The Bertz CT molecular complexity index is 630. The Kier molecular flexibility index (Phi) is 5.81. The molecule has 1 amide bonds. The molecule has 0 radical (unpaired) electrons. The van der Waals surface area contributed by atoms with E-state index in [9.17, 15) is 13.2 Å². The molecule has 1 fully saturated rings. The highest BCUT2D eigenvalue weighted by Gasteiger charge is 2.25. The lowest BCUT2D eigenvalue weighted by Gasteiger charge is -2.30. The van der Waals surface area contributed by atoms with Crippen LogP contribution in [-0.2, 0) is 10.0 Å². The molecule has 0 atom stereocenters. The van der Waals surface area contributed by atoms with E-state index in [-0.39, 0.29) is 5.91 Å². The number of benzene rings is 1. The van der Waals surface area contributed by atoms with Gasteiger partial charge in [-0.3, -0.25) is 4.79 Å². The summed E-state index contributed by atoms with van der Waals surface area (Å²) in [6.45, 7) is 5.93. The number of hydrogen-bond acceptors (Lipinski definition) is 3. The molecule has 128 valence electrons. The number of sulfonamides is 1. The molecule has 0 aliphatic carbocycles. The van der Waals surface area contributed by atoms with Crippen LogP contribution in [0.15, 0.2) is 24.3 Å². The largest absolute Gasteiger partial charge is 0.352 e. The Labute approximate surface area is 139 Å². The third-order valence-corrected chi connectivity index (χ3v) is 5.74. The van der Waals surface area contributed by atoms with Gasteiger partial charge in [0, 0.05) is 25.2 Å². The second-order valence-corrected chi connectivity index (χ2v) is 8.57. The number of carbonyl (C=O) groups excluding carboxylic acids is 1. The van der Waals surface area contributed by atoms with Gasteiger partial charge in [0.1, 0.15) is 0 Å². The second kappa shape index (κ2) is 7.45. The molecular weight excluding hydrogens is 312 g/mol. The molecule has 1 saturated heterocycles. The Hall–Kier alpha value is -1.40. The van der Waals surface area contributed by atoms with Gasteiger partial charge >= 0.3 is 0 Å². The first-order valence-corrected chi connectivity index (χ1v) is 9.95. The molecule has 0 aromatic heterocycles. The van der Waals surface area contributed by atoms with Gasteiger partial charge in [-0.2, -0.15) is 0 Å². The molecule has 1 aromatic carbocycles. The summed E-state index contributed by atoms with van der Waals surface area (Å²) in [7, 11) is -3.09. The summed E-state index contributed by atoms with van der Waals surface area (Å²) in [5, 5.41) is 2.96. The zero-order valence-electron chi connectivity index (χ0n) is 14.1. The van der Waals surface area contributed by atoms with Crippen molar-refractivity contribution in [1.29, 1.82) is 0 Å². The average molecular weight is 338 g/mol. The van der Waals surface area contributed by atoms with Gasteiger partial charge in [0.2, 0.25) is 10.0 Å². The highest BCUT2D eigenvalue weighted by atomic mass is 32.2. The van der Waals surface area contributed by atoms with E-state index in [4.69, 9.17) is 0 Å². The van der Waals surface area contributed by atoms with Crippen molar-refractivity contribution in [2.24, 2.45) is 5.92 Å². The predicted octanol–water partition coefficient (Wildman–Crippen LogP) is 2.21. The average Bonchev–Trinajstić information content (AvgIpc) is 2.52. The van der Waals surface area contributed by atoms with E-state index in [0.717, 1.165) is 12.8 Å². The van der Waals surface area contributed by atoms with E-state index in [1.807, 2.05) is 24.3 Å². The lowest BCUT2D eigenvalue weighted by Crippen LogP contribution is -2.41. The van der Waals surface area contributed by atoms with Crippen LogP contribution in [0.5, 0.6) is 0 Å². The molecule has 0 unspecified atom stereocenters. The standard InChI is InChI=1S/C17H26N2O3S/c1-13(2)15-4-6-16(7-5-15)17(20)18-12-14-8-10-19(11-9-14)23(3,21)22/h4-7,13-14H,8-12H2,1-3H3,(H,18,20). The number of nitrogens with one attached hydrogen (secondary N) is 1. The summed E-state index contributed by atoms with van der Waals surface area (Å²) in [6, 6.07) is 7.70. The van der Waals surface area contributed by atoms with Crippen molar-refractivity contribution in [3.05, 3.63) is 35.4 Å². The van der Waals surface area contributed by atoms with Crippen molar-refractivity contribution >= 4 is 15.9 Å². The van der Waals surface area contributed by atoms with E-state index in [1.165, 1.54) is 16.1 Å². The van der Waals surface area contributed by atoms with Gasteiger partial charge in [0.25, 0.3) is 5.91 Å². The fourth-order valence-corrected chi connectivity index (χ4v) is 3.68. The normalized spacial score (nSPS) is 17.4. The molecule has 1 aliphatic heterocycles. The second-order valence-electron chi connectivity index (χ2n) is 6.59. The molecule has 1 N–H and O–H groups in total. The van der Waals surface area contributed by atoms with Crippen molar-refractivity contribution < 1.29 is 13.2 Å². The molecule has 2 rings (SSSR count). The summed E-state index contributed by atoms with van der Waals surface area (Å²) in [6.07, 6.45) is 2.83. The van der Waals surface area contributed by atoms with Gasteiger partial charge in [0.15, 0.2) is 0 Å². The Balaban J connectivity index is 1.81. The van der Waals surface area contributed by atoms with Crippen LogP contribution in [0, 0.1) is 5.92 Å². The predicted molar refractivity (Wildman–Crippen MR) is 92.0 cm³/mol. The Morgan fingerprint density at radius 2 is 1.78 bits per heavy atom. The number of nitrogens with zero attached hydrogens (tertiary/aromatic N) is 1. The van der Waals surface area contributed by atoms with Crippen LogP contribution in [0.1, 0.15) is 48.5 Å². The monoisotopic (exact) mass is 338 g/mol. The molecule has 5 nitrogen and oxygen atoms in total. The molecule has 0 bridgehead atoms. The van der Waals surface area contributed by atoms with Gasteiger partial charge in [-0.15, -0.1) is 0 Å². The molecule has 0 spiro atoms. The minimum absolute atomic E-state index is 0.0640. The van der Waals surface area contributed by atoms with E-state index in [0.29, 0.717) is 37.0 Å². The summed E-state index contributed by atoms with van der Waals surface area (Å²) in [5.74, 6) is 0.727.